The third-order valence-corrected chi connectivity index (χ3v) is 5.60. The number of nitro groups is 1. The topological polar surface area (TPSA) is 72.7 Å². The van der Waals surface area contributed by atoms with Crippen molar-refractivity contribution >= 4 is 11.8 Å². The van der Waals surface area contributed by atoms with E-state index in [-0.39, 0.29) is 12.3 Å². The molecule has 0 spiro atoms. The van der Waals surface area contributed by atoms with Crippen LogP contribution in [-0.2, 0) is 24.0 Å². The number of fused-ring (bicyclic) bond motifs is 1. The first-order chi connectivity index (χ1) is 14.5. The van der Waals surface area contributed by atoms with Gasteiger partial charge in [-0.05, 0) is 60.1 Å². The van der Waals surface area contributed by atoms with Gasteiger partial charge in [-0.25, -0.2) is 4.79 Å². The summed E-state index contributed by atoms with van der Waals surface area (Å²) in [4.78, 5) is 25.6. The Morgan fingerprint density at radius 1 is 1.07 bits per heavy atom. The van der Waals surface area contributed by atoms with Crippen molar-refractivity contribution in [3.8, 4) is 0 Å². The minimum Gasteiger partial charge on any atom is -0.449 e. The third kappa shape index (κ3) is 3.82. The van der Waals surface area contributed by atoms with E-state index in [1.165, 1.54) is 16.7 Å². The van der Waals surface area contributed by atoms with Crippen molar-refractivity contribution in [2.75, 3.05) is 6.61 Å². The molecule has 6 nitrogen and oxygen atoms in total. The number of ether oxygens (including phenoxy) is 1. The highest BCUT2D eigenvalue weighted by Gasteiger charge is 2.39. The van der Waals surface area contributed by atoms with Crippen LogP contribution in [-0.4, -0.2) is 22.5 Å². The Hall–Kier alpha value is -3.15. The molecule has 0 aliphatic carbocycles. The number of rotatable bonds is 6. The van der Waals surface area contributed by atoms with Crippen LogP contribution < -0.4 is 0 Å². The second kappa shape index (κ2) is 9.11. The highest BCUT2D eigenvalue weighted by atomic mass is 16.6. The number of nitrogens with zero attached hydrogens (tertiary/aromatic N) is 2. The van der Waals surface area contributed by atoms with E-state index in [9.17, 15) is 14.9 Å². The van der Waals surface area contributed by atoms with Gasteiger partial charge in [-0.15, -0.1) is 0 Å². The monoisotopic (exact) mass is 408 g/mol. The lowest BCUT2D eigenvalue weighted by atomic mass is 9.82. The molecule has 1 aliphatic rings. The van der Waals surface area contributed by atoms with Crippen molar-refractivity contribution in [1.29, 1.82) is 0 Å². The van der Waals surface area contributed by atoms with Crippen LogP contribution in [0.25, 0.3) is 5.70 Å². The molecule has 0 saturated heterocycles. The zero-order valence-corrected chi connectivity index (χ0v) is 18.0. The van der Waals surface area contributed by atoms with Gasteiger partial charge in [-0.3, -0.25) is 15.0 Å². The fourth-order valence-corrected chi connectivity index (χ4v) is 4.18. The van der Waals surface area contributed by atoms with E-state index in [0.29, 0.717) is 5.56 Å². The van der Waals surface area contributed by atoms with Crippen LogP contribution in [0.4, 0.5) is 4.79 Å². The summed E-state index contributed by atoms with van der Waals surface area (Å²) in [6.45, 7) is 8.25. The summed E-state index contributed by atoms with van der Waals surface area (Å²) in [7, 11) is 0. The molecule has 2 aromatic rings. The normalized spacial score (nSPS) is 15.4. The van der Waals surface area contributed by atoms with Crippen LogP contribution in [0.15, 0.2) is 42.6 Å². The molecule has 1 amide bonds. The molecule has 6 heteroatoms. The maximum absolute atomic E-state index is 12.9. The molecule has 30 heavy (non-hydrogen) atoms. The van der Waals surface area contributed by atoms with Gasteiger partial charge in [0, 0.05) is 0 Å². The van der Waals surface area contributed by atoms with Crippen molar-refractivity contribution in [3.05, 3.63) is 86.1 Å². The van der Waals surface area contributed by atoms with Gasteiger partial charge in [-0.1, -0.05) is 51.1 Å². The van der Waals surface area contributed by atoms with E-state index in [4.69, 9.17) is 4.74 Å². The van der Waals surface area contributed by atoms with Crippen molar-refractivity contribution in [2.24, 2.45) is 0 Å². The van der Waals surface area contributed by atoms with Crippen LogP contribution >= 0.6 is 0 Å². The maximum Gasteiger partial charge on any atom is 0.414 e. The van der Waals surface area contributed by atoms with Gasteiger partial charge in [0.05, 0.1) is 29.3 Å². The number of carbonyl (C=O) groups is 1. The first kappa shape index (κ1) is 21.6. The molecule has 0 aromatic heterocycles. The van der Waals surface area contributed by atoms with Gasteiger partial charge in [-0.2, -0.15) is 0 Å². The smallest absolute Gasteiger partial charge is 0.414 e. The summed E-state index contributed by atoms with van der Waals surface area (Å²) in [5.74, 6) is 0. The lowest BCUT2D eigenvalue weighted by molar-refractivity contribution is -0.376. The third-order valence-electron chi connectivity index (χ3n) is 5.60. The molecule has 158 valence electrons. The van der Waals surface area contributed by atoms with E-state index < -0.39 is 17.1 Å². The molecule has 1 unspecified atom stereocenters. The Morgan fingerprint density at radius 3 is 2.23 bits per heavy atom. The first-order valence-corrected chi connectivity index (χ1v) is 10.5. The van der Waals surface area contributed by atoms with E-state index in [1.807, 2.05) is 12.1 Å². The summed E-state index contributed by atoms with van der Waals surface area (Å²) in [5, 5.41) is 11.8. The molecule has 0 fully saturated rings. The second-order valence-electron chi connectivity index (χ2n) is 7.26. The van der Waals surface area contributed by atoms with Crippen molar-refractivity contribution in [2.45, 2.75) is 53.0 Å². The Bertz CT molecular complexity index is 971. The van der Waals surface area contributed by atoms with Gasteiger partial charge >= 0.3 is 6.09 Å². The molecule has 2 aromatic carbocycles. The molecule has 1 aliphatic heterocycles. The number of hydrogen-bond acceptors (Lipinski definition) is 4. The molecular formula is C24H28N2O4. The maximum atomic E-state index is 12.9. The average Bonchev–Trinajstić information content (AvgIpc) is 2.76. The molecular weight excluding hydrogens is 380 g/mol. The van der Waals surface area contributed by atoms with Gasteiger partial charge in [0.15, 0.2) is 0 Å². The van der Waals surface area contributed by atoms with Crippen molar-refractivity contribution in [3.63, 3.8) is 0 Å². The van der Waals surface area contributed by atoms with Gasteiger partial charge in [0.25, 0.3) is 5.70 Å². The molecule has 0 radical (unpaired) electrons. The summed E-state index contributed by atoms with van der Waals surface area (Å²) < 4.78 is 5.29. The quantitative estimate of drug-likeness (QED) is 0.467. The van der Waals surface area contributed by atoms with Crippen LogP contribution in [0.1, 0.15) is 67.1 Å². The zero-order chi connectivity index (χ0) is 21.8. The second-order valence-corrected chi connectivity index (χ2v) is 7.26. The number of carbonyl (C=O) groups excluding carboxylic acids is 1. The Kier molecular flexibility index (Phi) is 6.55. The minimum absolute atomic E-state index is 0.101. The standard InChI is InChI=1S/C24H28N2O4/c1-5-16-13-17(6-2)22(18(7-3)14-16)23-20-12-10-9-11-19(20)21(26(28)29)15-25(23)24(27)30-8-4/h9-15,23H,5-8H2,1-4H3. The minimum atomic E-state index is -0.583. The van der Waals surface area contributed by atoms with Crippen molar-refractivity contribution < 1.29 is 14.5 Å². The number of benzene rings is 2. The Balaban J connectivity index is 2.33. The van der Waals surface area contributed by atoms with Gasteiger partial charge < -0.3 is 4.74 Å². The number of aryl methyl sites for hydroxylation is 3. The zero-order valence-electron chi connectivity index (χ0n) is 18.0. The van der Waals surface area contributed by atoms with Crippen LogP contribution in [0.2, 0.25) is 0 Å². The number of hydrogen-bond donors (Lipinski definition) is 0. The molecule has 0 bridgehead atoms. The van der Waals surface area contributed by atoms with Crippen LogP contribution in [0.5, 0.6) is 0 Å². The van der Waals surface area contributed by atoms with Crippen LogP contribution in [0, 0.1) is 10.1 Å². The first-order valence-electron chi connectivity index (χ1n) is 10.5. The largest absolute Gasteiger partial charge is 0.449 e. The Labute approximate surface area is 177 Å². The molecule has 3 rings (SSSR count). The van der Waals surface area contributed by atoms with Crippen molar-refractivity contribution in [1.82, 2.24) is 4.90 Å². The molecule has 1 atom stereocenters. The van der Waals surface area contributed by atoms with E-state index in [2.05, 4.69) is 32.9 Å². The number of amides is 1. The summed E-state index contributed by atoms with van der Waals surface area (Å²) in [6, 6.07) is 11.2. The summed E-state index contributed by atoms with van der Waals surface area (Å²) in [5.41, 5.74) is 5.77. The predicted octanol–water partition coefficient (Wildman–Crippen LogP) is 5.51. The van der Waals surface area contributed by atoms with Gasteiger partial charge in [0.1, 0.15) is 0 Å². The van der Waals surface area contributed by atoms with E-state index >= 15 is 0 Å². The fraction of sp³-hybridized carbons (Fsp3) is 0.375. The van der Waals surface area contributed by atoms with E-state index in [0.717, 1.165) is 41.5 Å². The SMILES string of the molecule is CCOC(=O)N1C=C([N+](=O)[O-])c2ccccc2C1c1c(CC)cc(CC)cc1CC. The summed E-state index contributed by atoms with van der Waals surface area (Å²) in [6.07, 6.45) is 3.28. The molecule has 1 heterocycles. The van der Waals surface area contributed by atoms with Crippen LogP contribution in [0.3, 0.4) is 0 Å². The lowest BCUT2D eigenvalue weighted by Gasteiger charge is -2.35. The highest BCUT2D eigenvalue weighted by Crippen LogP contribution is 2.42. The molecule has 0 N–H and O–H groups in total. The molecule has 0 saturated carbocycles. The summed E-state index contributed by atoms with van der Waals surface area (Å²) >= 11 is 0. The lowest BCUT2D eigenvalue weighted by Crippen LogP contribution is -2.36. The fourth-order valence-electron chi connectivity index (χ4n) is 4.18. The van der Waals surface area contributed by atoms with Gasteiger partial charge in [0.2, 0.25) is 0 Å². The average molecular weight is 408 g/mol. The van der Waals surface area contributed by atoms with E-state index in [1.54, 1.807) is 19.1 Å². The predicted molar refractivity (Wildman–Crippen MR) is 117 cm³/mol. The Morgan fingerprint density at radius 2 is 1.70 bits per heavy atom. The highest BCUT2D eigenvalue weighted by molar-refractivity contribution is 5.77.